The standard InChI is InChI=1S/C19H21F3N2O4/c1-12-7-16(13(2)28-12)18(26)24-9-17(25)23-8-14-3-5-15(6-4-14)10-27-11-19(20,21)22/h3-7H,8-11H2,1-2H3,(H,23,25)(H,24,26). The lowest BCUT2D eigenvalue weighted by Crippen LogP contribution is -2.36. The number of hydrogen-bond donors (Lipinski definition) is 2. The molecule has 1 heterocycles. The minimum Gasteiger partial charge on any atom is -0.466 e. The molecule has 2 N–H and O–H groups in total. The summed E-state index contributed by atoms with van der Waals surface area (Å²) in [7, 11) is 0. The van der Waals surface area contributed by atoms with E-state index in [-0.39, 0.29) is 25.6 Å². The molecule has 0 saturated heterocycles. The van der Waals surface area contributed by atoms with E-state index in [0.717, 1.165) is 5.56 Å². The molecule has 0 atom stereocenters. The molecule has 0 aliphatic rings. The summed E-state index contributed by atoms with van der Waals surface area (Å²) in [4.78, 5) is 23.9. The number of amides is 2. The van der Waals surface area contributed by atoms with E-state index >= 15 is 0 Å². The summed E-state index contributed by atoms with van der Waals surface area (Å²) in [6, 6.07) is 8.22. The van der Waals surface area contributed by atoms with Gasteiger partial charge in [-0.2, -0.15) is 13.2 Å². The molecule has 2 rings (SSSR count). The Morgan fingerprint density at radius 1 is 1.07 bits per heavy atom. The minimum atomic E-state index is -4.35. The lowest BCUT2D eigenvalue weighted by molar-refractivity contribution is -0.176. The summed E-state index contributed by atoms with van der Waals surface area (Å²) in [6.07, 6.45) is -4.35. The van der Waals surface area contributed by atoms with Crippen molar-refractivity contribution in [1.82, 2.24) is 10.6 Å². The molecule has 0 aliphatic carbocycles. The van der Waals surface area contributed by atoms with Crippen LogP contribution in [0.3, 0.4) is 0 Å². The average molecular weight is 398 g/mol. The minimum absolute atomic E-state index is 0.148. The average Bonchev–Trinajstić information content (AvgIpc) is 2.96. The molecule has 152 valence electrons. The van der Waals surface area contributed by atoms with Crippen LogP contribution in [0.25, 0.3) is 0 Å². The first-order chi connectivity index (χ1) is 13.1. The second-order valence-electron chi connectivity index (χ2n) is 6.21. The van der Waals surface area contributed by atoms with Crippen LogP contribution in [-0.2, 0) is 22.7 Å². The van der Waals surface area contributed by atoms with Crippen LogP contribution in [-0.4, -0.2) is 31.1 Å². The van der Waals surface area contributed by atoms with Gasteiger partial charge in [-0.1, -0.05) is 24.3 Å². The van der Waals surface area contributed by atoms with E-state index in [2.05, 4.69) is 15.4 Å². The molecule has 0 radical (unpaired) electrons. The maximum atomic E-state index is 12.0. The van der Waals surface area contributed by atoms with E-state index in [9.17, 15) is 22.8 Å². The topological polar surface area (TPSA) is 80.6 Å². The van der Waals surface area contributed by atoms with Gasteiger partial charge in [-0.05, 0) is 31.0 Å². The number of nitrogens with one attached hydrogen (secondary N) is 2. The summed E-state index contributed by atoms with van der Waals surface area (Å²) in [5.41, 5.74) is 1.74. The number of carbonyl (C=O) groups is 2. The summed E-state index contributed by atoms with van der Waals surface area (Å²) >= 11 is 0. The van der Waals surface area contributed by atoms with Gasteiger partial charge in [0, 0.05) is 6.54 Å². The number of halogens is 3. The Hall–Kier alpha value is -2.81. The van der Waals surface area contributed by atoms with Crippen molar-refractivity contribution in [3.8, 4) is 0 Å². The Morgan fingerprint density at radius 2 is 1.71 bits per heavy atom. The number of alkyl halides is 3. The first kappa shape index (κ1) is 21.5. The van der Waals surface area contributed by atoms with Crippen molar-refractivity contribution in [3.05, 3.63) is 58.5 Å². The summed E-state index contributed by atoms with van der Waals surface area (Å²) in [6.45, 7) is 1.98. The quantitative estimate of drug-likeness (QED) is 0.716. The van der Waals surface area contributed by atoms with Gasteiger partial charge in [-0.25, -0.2) is 0 Å². The van der Waals surface area contributed by atoms with Crippen LogP contribution in [0.2, 0.25) is 0 Å². The van der Waals surface area contributed by atoms with Gasteiger partial charge in [0.05, 0.1) is 18.7 Å². The van der Waals surface area contributed by atoms with Crippen LogP contribution in [0, 0.1) is 13.8 Å². The van der Waals surface area contributed by atoms with E-state index in [1.54, 1.807) is 44.2 Å². The molecule has 1 aromatic carbocycles. The van der Waals surface area contributed by atoms with Crippen molar-refractivity contribution in [2.24, 2.45) is 0 Å². The van der Waals surface area contributed by atoms with Crippen molar-refractivity contribution >= 4 is 11.8 Å². The van der Waals surface area contributed by atoms with Crippen LogP contribution in [0.1, 0.15) is 33.0 Å². The molecule has 28 heavy (non-hydrogen) atoms. The van der Waals surface area contributed by atoms with Crippen molar-refractivity contribution in [1.29, 1.82) is 0 Å². The first-order valence-electron chi connectivity index (χ1n) is 8.48. The third kappa shape index (κ3) is 7.07. The normalized spacial score (nSPS) is 11.3. The molecular weight excluding hydrogens is 377 g/mol. The van der Waals surface area contributed by atoms with E-state index in [1.165, 1.54) is 0 Å². The fourth-order valence-electron chi connectivity index (χ4n) is 2.41. The molecule has 6 nitrogen and oxygen atoms in total. The smallest absolute Gasteiger partial charge is 0.411 e. The van der Waals surface area contributed by atoms with E-state index < -0.39 is 18.7 Å². The lowest BCUT2D eigenvalue weighted by atomic mass is 10.1. The second-order valence-corrected chi connectivity index (χ2v) is 6.21. The molecule has 2 aromatic rings. The van der Waals surface area contributed by atoms with Crippen molar-refractivity contribution in [3.63, 3.8) is 0 Å². The van der Waals surface area contributed by atoms with E-state index in [1.807, 2.05) is 0 Å². The summed E-state index contributed by atoms with van der Waals surface area (Å²) < 4.78 is 46.0. The van der Waals surface area contributed by atoms with E-state index in [4.69, 9.17) is 4.42 Å². The van der Waals surface area contributed by atoms with Crippen LogP contribution in [0.15, 0.2) is 34.7 Å². The highest BCUT2D eigenvalue weighted by Gasteiger charge is 2.27. The van der Waals surface area contributed by atoms with Crippen molar-refractivity contribution in [2.45, 2.75) is 33.2 Å². The molecule has 0 spiro atoms. The van der Waals surface area contributed by atoms with Crippen LogP contribution in [0.4, 0.5) is 13.2 Å². The number of furan rings is 1. The Labute approximate surface area is 160 Å². The maximum absolute atomic E-state index is 12.0. The van der Waals surface area contributed by atoms with Gasteiger partial charge >= 0.3 is 6.18 Å². The number of aryl methyl sites for hydroxylation is 2. The molecule has 1 aromatic heterocycles. The van der Waals surface area contributed by atoms with Gasteiger partial charge in [0.25, 0.3) is 5.91 Å². The molecule has 0 unspecified atom stereocenters. The van der Waals surface area contributed by atoms with Gasteiger partial charge in [-0.15, -0.1) is 0 Å². The Morgan fingerprint density at radius 3 is 2.29 bits per heavy atom. The van der Waals surface area contributed by atoms with Crippen LogP contribution in [0.5, 0.6) is 0 Å². The molecule has 0 aliphatic heterocycles. The zero-order valence-electron chi connectivity index (χ0n) is 15.5. The molecule has 0 saturated carbocycles. The Balaban J connectivity index is 1.72. The third-order valence-corrected chi connectivity index (χ3v) is 3.74. The molecule has 0 bridgehead atoms. The highest BCUT2D eigenvalue weighted by atomic mass is 19.4. The van der Waals surface area contributed by atoms with Crippen molar-refractivity contribution in [2.75, 3.05) is 13.2 Å². The SMILES string of the molecule is Cc1cc(C(=O)NCC(=O)NCc2ccc(COCC(F)(F)F)cc2)c(C)o1. The fourth-order valence-corrected chi connectivity index (χ4v) is 2.41. The zero-order chi connectivity index (χ0) is 20.7. The second kappa shape index (κ2) is 9.41. The third-order valence-electron chi connectivity index (χ3n) is 3.74. The summed E-state index contributed by atoms with van der Waals surface area (Å²) in [5, 5.41) is 5.17. The lowest BCUT2D eigenvalue weighted by Gasteiger charge is -2.09. The highest BCUT2D eigenvalue weighted by Crippen LogP contribution is 2.16. The number of rotatable bonds is 8. The number of hydrogen-bond acceptors (Lipinski definition) is 4. The molecule has 9 heteroatoms. The zero-order valence-corrected chi connectivity index (χ0v) is 15.5. The van der Waals surface area contributed by atoms with Gasteiger partial charge in [0.2, 0.25) is 5.91 Å². The summed E-state index contributed by atoms with van der Waals surface area (Å²) in [5.74, 6) is 0.325. The van der Waals surface area contributed by atoms with Crippen LogP contribution < -0.4 is 10.6 Å². The molecule has 2 amide bonds. The van der Waals surface area contributed by atoms with Gasteiger partial charge in [0.15, 0.2) is 0 Å². The highest BCUT2D eigenvalue weighted by molar-refractivity contribution is 5.97. The first-order valence-corrected chi connectivity index (χ1v) is 8.48. The van der Waals surface area contributed by atoms with Gasteiger partial charge in [-0.3, -0.25) is 9.59 Å². The molecular formula is C19H21F3N2O4. The largest absolute Gasteiger partial charge is 0.466 e. The predicted molar refractivity (Wildman–Crippen MR) is 94.5 cm³/mol. The van der Waals surface area contributed by atoms with Gasteiger partial charge < -0.3 is 19.8 Å². The number of benzene rings is 1. The molecule has 0 fully saturated rings. The van der Waals surface area contributed by atoms with Gasteiger partial charge in [0.1, 0.15) is 18.1 Å². The Kier molecular flexibility index (Phi) is 7.22. The predicted octanol–water partition coefficient (Wildman–Crippen LogP) is 3.02. The monoisotopic (exact) mass is 398 g/mol. The number of carbonyl (C=O) groups excluding carboxylic acids is 2. The van der Waals surface area contributed by atoms with Crippen molar-refractivity contribution < 1.29 is 31.9 Å². The van der Waals surface area contributed by atoms with E-state index in [0.29, 0.717) is 22.6 Å². The fraction of sp³-hybridized carbons (Fsp3) is 0.368. The van der Waals surface area contributed by atoms with Crippen LogP contribution >= 0.6 is 0 Å². The number of ether oxygens (including phenoxy) is 1. The Bertz CT molecular complexity index is 814. The maximum Gasteiger partial charge on any atom is 0.411 e.